The Labute approximate surface area is 114 Å². The molecular weight excluding hydrogens is 300 g/mol. The van der Waals surface area contributed by atoms with Crippen molar-refractivity contribution >= 4 is 21.6 Å². The largest absolute Gasteiger partial charge is 0.393 e. The first kappa shape index (κ1) is 15.1. The fourth-order valence-corrected chi connectivity index (χ4v) is 2.05. The lowest BCUT2D eigenvalue weighted by molar-refractivity contribution is -0.384. The van der Waals surface area contributed by atoms with Gasteiger partial charge in [0, 0.05) is 23.2 Å². The van der Waals surface area contributed by atoms with Crippen LogP contribution < -0.4 is 5.32 Å². The maximum Gasteiger partial charge on any atom is 0.270 e. The highest BCUT2D eigenvalue weighted by Gasteiger charge is 2.08. The molecule has 0 bridgehead atoms. The molecule has 0 amide bonds. The van der Waals surface area contributed by atoms with E-state index < -0.39 is 4.92 Å². The first-order valence-corrected chi connectivity index (χ1v) is 6.61. The summed E-state index contributed by atoms with van der Waals surface area (Å²) in [6.07, 6.45) is 1.41. The molecule has 2 N–H and O–H groups in total. The second-order valence-electron chi connectivity index (χ2n) is 4.20. The van der Waals surface area contributed by atoms with Crippen LogP contribution in [0.1, 0.15) is 25.3 Å². The minimum absolute atomic E-state index is 0.0831. The lowest BCUT2D eigenvalue weighted by atomic mass is 10.2. The number of aliphatic hydroxyl groups excluding tert-OH is 1. The van der Waals surface area contributed by atoms with E-state index in [0.29, 0.717) is 6.54 Å². The SMILES string of the molecule is CC(O)CCCNCc1ccc([N+](=O)[O-])cc1Br. The summed E-state index contributed by atoms with van der Waals surface area (Å²) in [5, 5.41) is 22.9. The molecule has 1 unspecified atom stereocenters. The zero-order valence-electron chi connectivity index (χ0n) is 10.2. The molecule has 1 rings (SSSR count). The third-order valence-corrected chi connectivity index (χ3v) is 3.28. The lowest BCUT2D eigenvalue weighted by Crippen LogP contribution is -2.16. The predicted molar refractivity (Wildman–Crippen MR) is 73.4 cm³/mol. The van der Waals surface area contributed by atoms with Crippen LogP contribution in [0.4, 0.5) is 5.69 Å². The first-order valence-electron chi connectivity index (χ1n) is 5.82. The maximum atomic E-state index is 10.6. The Bertz CT molecular complexity index is 410. The number of benzene rings is 1. The van der Waals surface area contributed by atoms with Crippen LogP contribution in [0, 0.1) is 10.1 Å². The molecule has 0 saturated heterocycles. The van der Waals surface area contributed by atoms with Gasteiger partial charge in [-0.3, -0.25) is 10.1 Å². The van der Waals surface area contributed by atoms with E-state index in [1.165, 1.54) is 12.1 Å². The Morgan fingerprint density at radius 3 is 2.83 bits per heavy atom. The molecular formula is C12H17BrN2O3. The molecule has 0 aliphatic rings. The van der Waals surface area contributed by atoms with Gasteiger partial charge in [0.25, 0.3) is 5.69 Å². The zero-order chi connectivity index (χ0) is 13.5. The molecule has 0 heterocycles. The fourth-order valence-electron chi connectivity index (χ4n) is 1.54. The van der Waals surface area contributed by atoms with E-state index in [1.54, 1.807) is 13.0 Å². The number of aliphatic hydroxyl groups is 1. The molecule has 0 aliphatic carbocycles. The number of non-ortho nitro benzene ring substituents is 1. The highest BCUT2D eigenvalue weighted by Crippen LogP contribution is 2.22. The number of nitro benzene ring substituents is 1. The molecule has 5 nitrogen and oxygen atoms in total. The highest BCUT2D eigenvalue weighted by molar-refractivity contribution is 9.10. The Morgan fingerprint density at radius 1 is 1.56 bits per heavy atom. The Balaban J connectivity index is 2.41. The van der Waals surface area contributed by atoms with Crippen LogP contribution >= 0.6 is 15.9 Å². The number of nitro groups is 1. The summed E-state index contributed by atoms with van der Waals surface area (Å²) in [7, 11) is 0. The number of nitrogens with one attached hydrogen (secondary N) is 1. The normalized spacial score (nSPS) is 12.4. The minimum atomic E-state index is -0.412. The average molecular weight is 317 g/mol. The Morgan fingerprint density at radius 2 is 2.28 bits per heavy atom. The van der Waals surface area contributed by atoms with E-state index in [2.05, 4.69) is 21.2 Å². The van der Waals surface area contributed by atoms with Gasteiger partial charge in [-0.15, -0.1) is 0 Å². The average Bonchev–Trinajstić information content (AvgIpc) is 2.29. The summed E-state index contributed by atoms with van der Waals surface area (Å²) >= 11 is 3.32. The van der Waals surface area contributed by atoms with Gasteiger partial charge < -0.3 is 10.4 Å². The fraction of sp³-hybridized carbons (Fsp3) is 0.500. The summed E-state index contributed by atoms with van der Waals surface area (Å²) in [4.78, 5) is 10.2. The van der Waals surface area contributed by atoms with Crippen LogP contribution in [0.5, 0.6) is 0 Å². The van der Waals surface area contributed by atoms with E-state index in [-0.39, 0.29) is 11.8 Å². The van der Waals surface area contributed by atoms with Crippen molar-refractivity contribution in [1.29, 1.82) is 0 Å². The van der Waals surface area contributed by atoms with Crippen LogP contribution in [-0.2, 0) is 6.54 Å². The smallest absolute Gasteiger partial charge is 0.270 e. The van der Waals surface area contributed by atoms with Crippen LogP contribution in [0.3, 0.4) is 0 Å². The summed E-state index contributed by atoms with van der Waals surface area (Å²) < 4.78 is 0.736. The number of hydrogen-bond acceptors (Lipinski definition) is 4. The minimum Gasteiger partial charge on any atom is -0.393 e. The maximum absolute atomic E-state index is 10.6. The first-order chi connectivity index (χ1) is 8.50. The number of hydrogen-bond donors (Lipinski definition) is 2. The van der Waals surface area contributed by atoms with Gasteiger partial charge in [-0.05, 0) is 37.9 Å². The third-order valence-electron chi connectivity index (χ3n) is 2.54. The molecule has 18 heavy (non-hydrogen) atoms. The molecule has 0 aromatic heterocycles. The van der Waals surface area contributed by atoms with Gasteiger partial charge in [-0.1, -0.05) is 15.9 Å². The zero-order valence-corrected chi connectivity index (χ0v) is 11.8. The Kier molecular flexibility index (Phi) is 6.24. The Hall–Kier alpha value is -0.980. The third kappa shape index (κ3) is 5.12. The molecule has 1 atom stereocenters. The van der Waals surface area contributed by atoms with Gasteiger partial charge >= 0.3 is 0 Å². The van der Waals surface area contributed by atoms with Crippen molar-refractivity contribution in [2.24, 2.45) is 0 Å². The van der Waals surface area contributed by atoms with E-state index in [0.717, 1.165) is 29.4 Å². The van der Waals surface area contributed by atoms with Crippen molar-refractivity contribution in [2.75, 3.05) is 6.54 Å². The molecule has 0 spiro atoms. The van der Waals surface area contributed by atoms with Crippen LogP contribution in [-0.4, -0.2) is 22.7 Å². The van der Waals surface area contributed by atoms with Crippen molar-refractivity contribution in [1.82, 2.24) is 5.32 Å². The summed E-state index contributed by atoms with van der Waals surface area (Å²) in [6, 6.07) is 4.74. The van der Waals surface area contributed by atoms with Gasteiger partial charge in [-0.25, -0.2) is 0 Å². The molecule has 0 radical (unpaired) electrons. The van der Waals surface area contributed by atoms with Crippen molar-refractivity contribution in [3.63, 3.8) is 0 Å². The second-order valence-corrected chi connectivity index (χ2v) is 5.06. The number of nitrogens with zero attached hydrogens (tertiary/aromatic N) is 1. The molecule has 6 heteroatoms. The van der Waals surface area contributed by atoms with Gasteiger partial charge in [0.1, 0.15) is 0 Å². The number of halogens is 1. The quantitative estimate of drug-likeness (QED) is 0.460. The summed E-state index contributed by atoms with van der Waals surface area (Å²) in [5.74, 6) is 0. The van der Waals surface area contributed by atoms with Gasteiger partial charge in [-0.2, -0.15) is 0 Å². The van der Waals surface area contributed by atoms with E-state index in [9.17, 15) is 10.1 Å². The van der Waals surface area contributed by atoms with Crippen molar-refractivity contribution < 1.29 is 10.0 Å². The molecule has 0 aliphatic heterocycles. The standard InChI is InChI=1S/C12H17BrN2O3/c1-9(16)3-2-6-14-8-10-4-5-11(15(17)18)7-12(10)13/h4-5,7,9,14,16H,2-3,6,8H2,1H3. The molecule has 0 saturated carbocycles. The van der Waals surface area contributed by atoms with Gasteiger partial charge in [0.2, 0.25) is 0 Å². The van der Waals surface area contributed by atoms with Crippen LogP contribution in [0.2, 0.25) is 0 Å². The monoisotopic (exact) mass is 316 g/mol. The van der Waals surface area contributed by atoms with Crippen molar-refractivity contribution in [3.05, 3.63) is 38.3 Å². The van der Waals surface area contributed by atoms with E-state index >= 15 is 0 Å². The van der Waals surface area contributed by atoms with Gasteiger partial charge in [0.05, 0.1) is 11.0 Å². The summed E-state index contributed by atoms with van der Waals surface area (Å²) in [6.45, 7) is 3.24. The van der Waals surface area contributed by atoms with Crippen LogP contribution in [0.15, 0.2) is 22.7 Å². The molecule has 1 aromatic rings. The highest BCUT2D eigenvalue weighted by atomic mass is 79.9. The summed E-state index contributed by atoms with van der Waals surface area (Å²) in [5.41, 5.74) is 1.07. The van der Waals surface area contributed by atoms with Gasteiger partial charge in [0.15, 0.2) is 0 Å². The molecule has 1 aromatic carbocycles. The molecule has 0 fully saturated rings. The van der Waals surface area contributed by atoms with Crippen LogP contribution in [0.25, 0.3) is 0 Å². The van der Waals surface area contributed by atoms with Crippen molar-refractivity contribution in [3.8, 4) is 0 Å². The lowest BCUT2D eigenvalue weighted by Gasteiger charge is -2.07. The van der Waals surface area contributed by atoms with Crippen molar-refractivity contribution in [2.45, 2.75) is 32.4 Å². The van der Waals surface area contributed by atoms with E-state index in [1.807, 2.05) is 0 Å². The molecule has 100 valence electrons. The predicted octanol–water partition coefficient (Wildman–Crippen LogP) is 2.61. The topological polar surface area (TPSA) is 75.4 Å². The number of rotatable bonds is 7. The van der Waals surface area contributed by atoms with E-state index in [4.69, 9.17) is 5.11 Å². The second kappa shape index (κ2) is 7.45.